The summed E-state index contributed by atoms with van der Waals surface area (Å²) < 4.78 is 11.1. The molecule has 8 nitrogen and oxygen atoms in total. The summed E-state index contributed by atoms with van der Waals surface area (Å²) in [6.45, 7) is 6.01. The molecule has 186 valence electrons. The highest BCUT2D eigenvalue weighted by atomic mass is 16.5. The fourth-order valence-corrected chi connectivity index (χ4v) is 4.87. The van der Waals surface area contributed by atoms with Crippen LogP contribution in [0.4, 0.5) is 4.79 Å². The Morgan fingerprint density at radius 1 is 1.06 bits per heavy atom. The summed E-state index contributed by atoms with van der Waals surface area (Å²) >= 11 is 0. The lowest BCUT2D eigenvalue weighted by Crippen LogP contribution is -2.53. The van der Waals surface area contributed by atoms with Crippen molar-refractivity contribution in [1.29, 1.82) is 0 Å². The van der Waals surface area contributed by atoms with E-state index in [0.29, 0.717) is 13.0 Å². The minimum absolute atomic E-state index is 0.0353. The molecule has 1 fully saturated rings. The summed E-state index contributed by atoms with van der Waals surface area (Å²) in [5.41, 5.74) is 3.92. The van der Waals surface area contributed by atoms with Crippen molar-refractivity contribution >= 4 is 18.0 Å². The molecule has 0 bridgehead atoms. The molecule has 1 saturated heterocycles. The maximum absolute atomic E-state index is 12.8. The Morgan fingerprint density at radius 3 is 2.23 bits per heavy atom. The number of hydrogen-bond acceptors (Lipinski definition) is 5. The summed E-state index contributed by atoms with van der Waals surface area (Å²) in [7, 11) is 0. The minimum atomic E-state index is -1.10. The molecule has 0 spiro atoms. The van der Waals surface area contributed by atoms with Crippen LogP contribution in [0.5, 0.6) is 0 Å². The molecule has 2 aromatic carbocycles. The number of carboxylic acids is 1. The molecule has 4 rings (SSSR count). The molecular formula is C27H32N2O6. The highest BCUT2D eigenvalue weighted by Gasteiger charge is 2.39. The van der Waals surface area contributed by atoms with E-state index in [1.807, 2.05) is 24.3 Å². The second-order valence-electron chi connectivity index (χ2n) is 10.2. The lowest BCUT2D eigenvalue weighted by molar-refractivity contribution is -0.147. The quantitative estimate of drug-likeness (QED) is 0.559. The normalized spacial score (nSPS) is 20.0. The molecule has 2 aliphatic rings. The molecule has 1 aliphatic heterocycles. The first-order valence-corrected chi connectivity index (χ1v) is 11.9. The van der Waals surface area contributed by atoms with Crippen molar-refractivity contribution in [3.8, 4) is 11.1 Å². The Bertz CT molecular complexity index is 1060. The Balaban J connectivity index is 1.32. The number of nitrogens with one attached hydrogen (secondary N) is 2. The predicted molar refractivity (Wildman–Crippen MR) is 130 cm³/mol. The van der Waals surface area contributed by atoms with Gasteiger partial charge >= 0.3 is 12.1 Å². The number of ether oxygens (including phenoxy) is 2. The Labute approximate surface area is 205 Å². The van der Waals surface area contributed by atoms with Crippen LogP contribution in [0.25, 0.3) is 11.1 Å². The van der Waals surface area contributed by atoms with Crippen molar-refractivity contribution in [3.63, 3.8) is 0 Å². The van der Waals surface area contributed by atoms with Crippen molar-refractivity contribution in [1.82, 2.24) is 10.6 Å². The van der Waals surface area contributed by atoms with Gasteiger partial charge in [0.2, 0.25) is 5.91 Å². The van der Waals surface area contributed by atoms with Crippen LogP contribution < -0.4 is 10.6 Å². The number of rotatable bonds is 7. The van der Waals surface area contributed by atoms with Crippen LogP contribution in [-0.2, 0) is 19.1 Å². The van der Waals surface area contributed by atoms with Gasteiger partial charge in [-0.05, 0) is 34.1 Å². The van der Waals surface area contributed by atoms with E-state index in [-0.39, 0.29) is 25.0 Å². The number of benzene rings is 2. The van der Waals surface area contributed by atoms with Gasteiger partial charge in [-0.3, -0.25) is 4.79 Å². The average molecular weight is 481 g/mol. The second kappa shape index (κ2) is 10.1. The van der Waals surface area contributed by atoms with Crippen LogP contribution in [0.15, 0.2) is 48.5 Å². The van der Waals surface area contributed by atoms with Crippen molar-refractivity contribution < 1.29 is 29.0 Å². The van der Waals surface area contributed by atoms with E-state index < -0.39 is 35.5 Å². The van der Waals surface area contributed by atoms with Crippen molar-refractivity contribution in [2.24, 2.45) is 11.3 Å². The topological polar surface area (TPSA) is 114 Å². The van der Waals surface area contributed by atoms with E-state index in [4.69, 9.17) is 9.47 Å². The molecule has 1 aliphatic carbocycles. The van der Waals surface area contributed by atoms with Crippen LogP contribution >= 0.6 is 0 Å². The van der Waals surface area contributed by atoms with Crippen LogP contribution in [0.1, 0.15) is 44.2 Å². The number of carboxylic acid groups (broad SMARTS) is 1. The number of aliphatic carboxylic acids is 1. The van der Waals surface area contributed by atoms with E-state index in [0.717, 1.165) is 22.3 Å². The van der Waals surface area contributed by atoms with Gasteiger partial charge in [0, 0.05) is 25.0 Å². The van der Waals surface area contributed by atoms with Crippen LogP contribution in [0, 0.1) is 11.3 Å². The fraction of sp³-hybridized carbons (Fsp3) is 0.444. The van der Waals surface area contributed by atoms with Crippen LogP contribution in [-0.4, -0.2) is 55.0 Å². The zero-order valence-corrected chi connectivity index (χ0v) is 20.2. The van der Waals surface area contributed by atoms with Gasteiger partial charge in [-0.1, -0.05) is 69.3 Å². The molecule has 0 saturated carbocycles. The molecule has 35 heavy (non-hydrogen) atoms. The monoisotopic (exact) mass is 480 g/mol. The average Bonchev–Trinajstić information content (AvgIpc) is 3.41. The third kappa shape index (κ3) is 5.32. The van der Waals surface area contributed by atoms with Gasteiger partial charge in [-0.2, -0.15) is 0 Å². The van der Waals surface area contributed by atoms with Crippen LogP contribution in [0.3, 0.4) is 0 Å². The summed E-state index contributed by atoms with van der Waals surface area (Å²) in [6, 6.07) is 15.2. The van der Waals surface area contributed by atoms with E-state index >= 15 is 0 Å². The standard InChI is InChI=1S/C27H32N2O6/c1-27(2,3)23(25(31)32)29-24(30)22-16(12-13-34-22)14-28-26(33)35-15-21-19-10-6-4-8-17(19)18-9-5-7-11-20(18)21/h4-11,16,21-23H,12-15H2,1-3H3,(H,28,33)(H,29,30)(H,31,32)/t16?,22?,23-/m0/s1. The zero-order valence-electron chi connectivity index (χ0n) is 20.2. The number of carbonyl (C=O) groups excluding carboxylic acids is 2. The maximum Gasteiger partial charge on any atom is 0.407 e. The first-order chi connectivity index (χ1) is 16.7. The Morgan fingerprint density at radius 2 is 1.66 bits per heavy atom. The van der Waals surface area contributed by atoms with Gasteiger partial charge in [0.15, 0.2) is 0 Å². The van der Waals surface area contributed by atoms with Gasteiger partial charge in [-0.25, -0.2) is 9.59 Å². The highest BCUT2D eigenvalue weighted by Crippen LogP contribution is 2.44. The predicted octanol–water partition coefficient (Wildman–Crippen LogP) is 3.55. The molecule has 3 atom stereocenters. The number of fused-ring (bicyclic) bond motifs is 3. The fourth-order valence-electron chi connectivity index (χ4n) is 4.87. The SMILES string of the molecule is CC(C)(C)[C@@H](NC(=O)C1OCCC1CNC(=O)OCC1c2ccccc2-c2ccccc21)C(=O)O. The summed E-state index contributed by atoms with van der Waals surface area (Å²) in [4.78, 5) is 36.9. The molecule has 2 aromatic rings. The molecule has 0 aromatic heterocycles. The number of carbonyl (C=O) groups is 3. The lowest BCUT2D eigenvalue weighted by Gasteiger charge is -2.29. The van der Waals surface area contributed by atoms with Crippen LogP contribution in [0.2, 0.25) is 0 Å². The van der Waals surface area contributed by atoms with Gasteiger partial charge in [-0.15, -0.1) is 0 Å². The van der Waals surface area contributed by atoms with Gasteiger partial charge in [0.25, 0.3) is 0 Å². The number of hydrogen-bond donors (Lipinski definition) is 3. The highest BCUT2D eigenvalue weighted by molar-refractivity contribution is 5.87. The number of alkyl carbamates (subject to hydrolysis) is 1. The van der Waals surface area contributed by atoms with Crippen molar-refractivity contribution in [2.45, 2.75) is 45.3 Å². The summed E-state index contributed by atoms with van der Waals surface area (Å²) in [5, 5.41) is 14.8. The Hall–Kier alpha value is -3.39. The largest absolute Gasteiger partial charge is 0.480 e. The number of amides is 2. The Kier molecular flexibility index (Phi) is 7.12. The van der Waals surface area contributed by atoms with E-state index in [9.17, 15) is 19.5 Å². The summed E-state index contributed by atoms with van der Waals surface area (Å²) in [5.74, 6) is -1.89. The summed E-state index contributed by atoms with van der Waals surface area (Å²) in [6.07, 6.45) is -0.807. The van der Waals surface area contributed by atoms with Gasteiger partial charge in [0.05, 0.1) is 0 Å². The van der Waals surface area contributed by atoms with E-state index in [1.165, 1.54) is 0 Å². The molecular weight excluding hydrogens is 448 g/mol. The van der Waals surface area contributed by atoms with Crippen molar-refractivity contribution in [3.05, 3.63) is 59.7 Å². The van der Waals surface area contributed by atoms with E-state index in [1.54, 1.807) is 20.8 Å². The van der Waals surface area contributed by atoms with Gasteiger partial charge in [0.1, 0.15) is 18.8 Å². The first-order valence-electron chi connectivity index (χ1n) is 11.9. The molecule has 2 amide bonds. The minimum Gasteiger partial charge on any atom is -0.480 e. The molecule has 0 radical (unpaired) electrons. The first kappa shape index (κ1) is 24.7. The van der Waals surface area contributed by atoms with Gasteiger partial charge < -0.3 is 25.2 Å². The second-order valence-corrected chi connectivity index (χ2v) is 10.2. The zero-order chi connectivity index (χ0) is 25.2. The lowest BCUT2D eigenvalue weighted by atomic mass is 9.86. The van der Waals surface area contributed by atoms with E-state index in [2.05, 4.69) is 34.9 Å². The molecule has 3 N–H and O–H groups in total. The van der Waals surface area contributed by atoms with Crippen molar-refractivity contribution in [2.75, 3.05) is 19.8 Å². The molecule has 1 heterocycles. The molecule has 8 heteroatoms. The third-order valence-electron chi connectivity index (χ3n) is 6.72. The maximum atomic E-state index is 12.8. The third-order valence-corrected chi connectivity index (χ3v) is 6.72. The molecule has 2 unspecified atom stereocenters. The smallest absolute Gasteiger partial charge is 0.407 e.